The minimum absolute atomic E-state index is 0.153. The highest BCUT2D eigenvalue weighted by atomic mass is 127. The van der Waals surface area contributed by atoms with Gasteiger partial charge >= 0.3 is 0 Å². The van der Waals surface area contributed by atoms with Crippen molar-refractivity contribution in [2.45, 2.75) is 6.92 Å². The van der Waals surface area contributed by atoms with Crippen molar-refractivity contribution in [3.05, 3.63) is 61.6 Å². The van der Waals surface area contributed by atoms with Crippen LogP contribution < -0.4 is 5.01 Å². The first-order valence-corrected chi connectivity index (χ1v) is 8.69. The molecule has 1 aliphatic rings. The van der Waals surface area contributed by atoms with Gasteiger partial charge in [-0.2, -0.15) is 10.1 Å². The van der Waals surface area contributed by atoms with Crippen molar-refractivity contribution >= 4 is 61.9 Å². The Bertz CT molecular complexity index is 847. The number of hydrogen-bond donors (Lipinski definition) is 1. The van der Waals surface area contributed by atoms with Crippen molar-refractivity contribution in [2.24, 2.45) is 5.10 Å². The minimum atomic E-state index is -0.205. The van der Waals surface area contributed by atoms with Crippen LogP contribution in [0.25, 0.3) is 6.08 Å². The largest absolute Gasteiger partial charge is 0.506 e. The highest BCUT2D eigenvalue weighted by Crippen LogP contribution is 2.32. The summed E-state index contributed by atoms with van der Waals surface area (Å²) in [5.41, 5.74) is 2.39. The molecule has 1 aliphatic heterocycles. The monoisotopic (exact) mass is 482 g/mol. The Kier molecular flexibility index (Phi) is 4.54. The van der Waals surface area contributed by atoms with Gasteiger partial charge in [-0.05, 0) is 59.9 Å². The number of phenolic OH excluding ortho intramolecular Hbond substituents is 1. The molecular weight excluding hydrogens is 471 g/mol. The van der Waals surface area contributed by atoms with Gasteiger partial charge in [-0.25, -0.2) is 0 Å². The summed E-state index contributed by atoms with van der Waals surface area (Å²) in [5, 5.41) is 15.9. The average molecular weight is 483 g/mol. The SMILES string of the molecule is CC1=NN(c2ccccc2)C(=O)/C1=C\c1cc(Br)cc(I)c1O. The third kappa shape index (κ3) is 3.18. The first-order valence-electron chi connectivity index (χ1n) is 6.82. The molecule has 0 saturated heterocycles. The number of amides is 1. The summed E-state index contributed by atoms with van der Waals surface area (Å²) in [6.07, 6.45) is 1.67. The Hall–Kier alpha value is -1.67. The standard InChI is InChI=1S/C17H12BrIN2O2/c1-10-14(8-11-7-12(18)9-15(19)16(11)22)17(23)21(20-10)13-5-3-2-4-6-13/h2-9,22H,1H3/b14-8-. The molecule has 2 aromatic carbocycles. The fourth-order valence-electron chi connectivity index (χ4n) is 2.28. The topological polar surface area (TPSA) is 52.9 Å². The molecule has 116 valence electrons. The number of hydrogen-bond acceptors (Lipinski definition) is 3. The number of rotatable bonds is 2. The van der Waals surface area contributed by atoms with Crippen LogP contribution in [0.3, 0.4) is 0 Å². The molecule has 23 heavy (non-hydrogen) atoms. The van der Waals surface area contributed by atoms with Gasteiger partial charge < -0.3 is 5.11 Å². The molecule has 6 heteroatoms. The van der Waals surface area contributed by atoms with Crippen LogP contribution in [-0.4, -0.2) is 16.7 Å². The lowest BCUT2D eigenvalue weighted by atomic mass is 10.1. The molecule has 0 aliphatic carbocycles. The molecule has 1 N–H and O–H groups in total. The third-order valence-corrected chi connectivity index (χ3v) is 4.70. The molecule has 1 amide bonds. The zero-order chi connectivity index (χ0) is 16.6. The van der Waals surface area contributed by atoms with Crippen LogP contribution in [0.1, 0.15) is 12.5 Å². The highest BCUT2D eigenvalue weighted by Gasteiger charge is 2.28. The van der Waals surface area contributed by atoms with Gasteiger partial charge in [0.05, 0.1) is 20.5 Å². The number of aromatic hydroxyl groups is 1. The summed E-state index contributed by atoms with van der Waals surface area (Å²) in [5.74, 6) is -0.0526. The van der Waals surface area contributed by atoms with E-state index in [9.17, 15) is 9.90 Å². The third-order valence-electron chi connectivity index (χ3n) is 3.42. The normalized spacial score (nSPS) is 16.1. The van der Waals surface area contributed by atoms with E-state index in [0.29, 0.717) is 26.1 Å². The summed E-state index contributed by atoms with van der Waals surface area (Å²) in [6, 6.07) is 12.9. The van der Waals surface area contributed by atoms with E-state index in [1.54, 1.807) is 19.1 Å². The summed E-state index contributed by atoms with van der Waals surface area (Å²) < 4.78 is 1.55. The van der Waals surface area contributed by atoms with Crippen LogP contribution in [0, 0.1) is 3.57 Å². The van der Waals surface area contributed by atoms with Gasteiger partial charge in [0, 0.05) is 10.0 Å². The summed E-state index contributed by atoms with van der Waals surface area (Å²) in [6.45, 7) is 1.78. The van der Waals surface area contributed by atoms with E-state index in [4.69, 9.17) is 0 Å². The Balaban J connectivity index is 2.02. The van der Waals surface area contributed by atoms with Gasteiger partial charge in [-0.3, -0.25) is 4.79 Å². The minimum Gasteiger partial charge on any atom is -0.506 e. The molecule has 0 atom stereocenters. The Morgan fingerprint density at radius 3 is 2.65 bits per heavy atom. The fraction of sp³-hybridized carbons (Fsp3) is 0.0588. The number of para-hydroxylation sites is 1. The summed E-state index contributed by atoms with van der Waals surface area (Å²) in [7, 11) is 0. The number of halogens is 2. The van der Waals surface area contributed by atoms with Crippen molar-refractivity contribution in [3.63, 3.8) is 0 Å². The van der Waals surface area contributed by atoms with Crippen molar-refractivity contribution in [3.8, 4) is 5.75 Å². The number of hydrazone groups is 1. The number of carbonyl (C=O) groups is 1. The smallest absolute Gasteiger partial charge is 0.280 e. The molecule has 0 aromatic heterocycles. The number of nitrogens with zero attached hydrogens (tertiary/aromatic N) is 2. The van der Waals surface area contributed by atoms with Gasteiger partial charge in [0.1, 0.15) is 5.75 Å². The Morgan fingerprint density at radius 1 is 1.26 bits per heavy atom. The maximum Gasteiger partial charge on any atom is 0.280 e. The Labute approximate surface area is 155 Å². The number of carbonyl (C=O) groups excluding carboxylic acids is 1. The van der Waals surface area contributed by atoms with Crippen molar-refractivity contribution in [1.82, 2.24) is 0 Å². The zero-order valence-corrected chi connectivity index (χ0v) is 15.9. The van der Waals surface area contributed by atoms with Crippen LogP contribution in [0.5, 0.6) is 5.75 Å². The Morgan fingerprint density at radius 2 is 1.96 bits per heavy atom. The highest BCUT2D eigenvalue weighted by molar-refractivity contribution is 14.1. The lowest BCUT2D eigenvalue weighted by Gasteiger charge is -2.11. The van der Waals surface area contributed by atoms with Gasteiger partial charge in [0.2, 0.25) is 0 Å². The molecule has 0 fully saturated rings. The van der Waals surface area contributed by atoms with E-state index >= 15 is 0 Å². The molecule has 0 spiro atoms. The molecule has 1 heterocycles. The average Bonchev–Trinajstić information content (AvgIpc) is 2.81. The molecular formula is C17H12BrIN2O2. The summed E-state index contributed by atoms with van der Waals surface area (Å²) in [4.78, 5) is 12.6. The van der Waals surface area contributed by atoms with Gasteiger partial charge in [-0.15, -0.1) is 0 Å². The van der Waals surface area contributed by atoms with Crippen molar-refractivity contribution in [1.29, 1.82) is 0 Å². The zero-order valence-electron chi connectivity index (χ0n) is 12.1. The predicted molar refractivity (Wildman–Crippen MR) is 104 cm³/mol. The first-order chi connectivity index (χ1) is 11.0. The molecule has 0 unspecified atom stereocenters. The lowest BCUT2D eigenvalue weighted by Crippen LogP contribution is -2.21. The van der Waals surface area contributed by atoms with E-state index in [0.717, 1.165) is 4.47 Å². The molecule has 4 nitrogen and oxygen atoms in total. The van der Waals surface area contributed by atoms with Gasteiger partial charge in [0.25, 0.3) is 5.91 Å². The number of anilines is 1. The molecule has 2 aromatic rings. The summed E-state index contributed by atoms with van der Waals surface area (Å²) >= 11 is 5.46. The molecule has 3 rings (SSSR count). The van der Waals surface area contributed by atoms with E-state index in [1.807, 2.05) is 36.4 Å². The fourth-order valence-corrected chi connectivity index (χ4v) is 3.83. The van der Waals surface area contributed by atoms with Crippen LogP contribution in [0.4, 0.5) is 5.69 Å². The van der Waals surface area contributed by atoms with Crippen molar-refractivity contribution in [2.75, 3.05) is 5.01 Å². The van der Waals surface area contributed by atoms with Crippen LogP contribution in [0.2, 0.25) is 0 Å². The van der Waals surface area contributed by atoms with Gasteiger partial charge in [-0.1, -0.05) is 34.1 Å². The van der Waals surface area contributed by atoms with E-state index in [1.165, 1.54) is 5.01 Å². The molecule has 0 bridgehead atoms. The van der Waals surface area contributed by atoms with Crippen LogP contribution in [0.15, 0.2) is 57.6 Å². The first kappa shape index (κ1) is 16.2. The van der Waals surface area contributed by atoms with E-state index < -0.39 is 0 Å². The second-order valence-corrected chi connectivity index (χ2v) is 7.10. The van der Waals surface area contributed by atoms with Crippen LogP contribution >= 0.6 is 38.5 Å². The number of benzene rings is 2. The maximum absolute atomic E-state index is 12.6. The second-order valence-electron chi connectivity index (χ2n) is 5.02. The predicted octanol–water partition coefficient (Wildman–Crippen LogP) is 4.57. The van der Waals surface area contributed by atoms with E-state index in [2.05, 4.69) is 43.6 Å². The maximum atomic E-state index is 12.6. The van der Waals surface area contributed by atoms with E-state index in [-0.39, 0.29) is 11.7 Å². The van der Waals surface area contributed by atoms with Crippen molar-refractivity contribution < 1.29 is 9.90 Å². The number of phenols is 1. The second kappa shape index (κ2) is 6.45. The molecule has 0 saturated carbocycles. The van der Waals surface area contributed by atoms with Gasteiger partial charge in [0.15, 0.2) is 0 Å². The lowest BCUT2D eigenvalue weighted by molar-refractivity contribution is -0.114. The quantitative estimate of drug-likeness (QED) is 0.503. The molecule has 0 radical (unpaired) electrons. The van der Waals surface area contributed by atoms with Crippen LogP contribution in [-0.2, 0) is 4.79 Å².